The van der Waals surface area contributed by atoms with Gasteiger partial charge in [-0.05, 0) is 67.7 Å². The number of carbonyl (C=O) groups excluding carboxylic acids is 2. The first-order valence-electron chi connectivity index (χ1n) is 9.95. The quantitative estimate of drug-likeness (QED) is 0.682. The summed E-state index contributed by atoms with van der Waals surface area (Å²) in [5.41, 5.74) is 1.55. The summed E-state index contributed by atoms with van der Waals surface area (Å²) in [6.45, 7) is 1.66. The average molecular weight is 433 g/mol. The molecule has 0 aliphatic carbocycles. The molecule has 1 amide bonds. The molecule has 2 aromatic rings. The van der Waals surface area contributed by atoms with E-state index in [1.165, 1.54) is 12.1 Å². The number of ketones is 1. The number of rotatable bonds is 7. The third kappa shape index (κ3) is 5.80. The number of amides is 1. The lowest BCUT2D eigenvalue weighted by molar-refractivity contribution is -0.138. The van der Waals surface area contributed by atoms with Crippen LogP contribution in [0, 0.1) is 11.7 Å². The van der Waals surface area contributed by atoms with Gasteiger partial charge < -0.3 is 15.0 Å². The zero-order valence-corrected chi connectivity index (χ0v) is 17.9. The number of ether oxygens (including phenoxy) is 1. The molecule has 2 unspecified atom stereocenters. The van der Waals surface area contributed by atoms with Gasteiger partial charge in [0.15, 0.2) is 0 Å². The molecule has 7 heteroatoms. The highest BCUT2D eigenvalue weighted by Gasteiger charge is 2.30. The van der Waals surface area contributed by atoms with Crippen molar-refractivity contribution in [2.45, 2.75) is 25.3 Å². The molecule has 0 bridgehead atoms. The first-order chi connectivity index (χ1) is 14.4. The molecule has 30 heavy (non-hydrogen) atoms. The molecule has 0 saturated carbocycles. The molecule has 1 heterocycles. The van der Waals surface area contributed by atoms with E-state index in [0.29, 0.717) is 5.56 Å². The summed E-state index contributed by atoms with van der Waals surface area (Å²) < 4.78 is 18.9. The Bertz CT molecular complexity index is 921. The number of nitrogens with one attached hydrogen (secondary N) is 1. The Labute approximate surface area is 181 Å². The monoisotopic (exact) mass is 432 g/mol. The van der Waals surface area contributed by atoms with Crippen molar-refractivity contribution in [1.82, 2.24) is 10.2 Å². The lowest BCUT2D eigenvalue weighted by Crippen LogP contribution is -2.52. The van der Waals surface area contributed by atoms with Crippen molar-refractivity contribution in [3.63, 3.8) is 0 Å². The third-order valence-corrected chi connectivity index (χ3v) is 5.79. The smallest absolute Gasteiger partial charge is 0.287 e. The standard InChI is InChI=1S/C23H26ClFN2O3/c1-27-9-8-21(17(14-27)10-15-4-3-5-18(11-15)30-2)26-23(29)22(28)13-16-6-7-19(24)20(25)12-16/h3-7,11-12,17,21H,8-10,13-14H2,1-2H3,(H,26,29). The minimum Gasteiger partial charge on any atom is -0.497 e. The van der Waals surface area contributed by atoms with Crippen molar-refractivity contribution >= 4 is 23.3 Å². The molecule has 2 atom stereocenters. The van der Waals surface area contributed by atoms with Crippen LogP contribution in [-0.4, -0.2) is 49.9 Å². The van der Waals surface area contributed by atoms with Crippen LogP contribution in [0.15, 0.2) is 42.5 Å². The summed E-state index contributed by atoms with van der Waals surface area (Å²) in [7, 11) is 3.69. The van der Waals surface area contributed by atoms with Crippen LogP contribution in [0.4, 0.5) is 4.39 Å². The maximum atomic E-state index is 13.6. The number of hydrogen-bond acceptors (Lipinski definition) is 4. The average Bonchev–Trinajstić information content (AvgIpc) is 2.72. The molecule has 0 radical (unpaired) electrons. The van der Waals surface area contributed by atoms with Crippen LogP contribution in [0.25, 0.3) is 0 Å². The predicted molar refractivity (Wildman–Crippen MR) is 114 cm³/mol. The highest BCUT2D eigenvalue weighted by molar-refractivity contribution is 6.36. The van der Waals surface area contributed by atoms with Gasteiger partial charge in [-0.2, -0.15) is 0 Å². The van der Waals surface area contributed by atoms with Gasteiger partial charge in [0, 0.05) is 19.0 Å². The van der Waals surface area contributed by atoms with E-state index in [9.17, 15) is 14.0 Å². The number of likely N-dealkylation sites (tertiary alicyclic amines) is 1. The largest absolute Gasteiger partial charge is 0.497 e. The van der Waals surface area contributed by atoms with E-state index >= 15 is 0 Å². The fourth-order valence-electron chi connectivity index (χ4n) is 3.88. The van der Waals surface area contributed by atoms with Gasteiger partial charge in [0.25, 0.3) is 5.91 Å². The Morgan fingerprint density at radius 2 is 2.03 bits per heavy atom. The minimum absolute atomic E-state index is 0.0117. The number of carbonyl (C=O) groups is 2. The van der Waals surface area contributed by atoms with Crippen LogP contribution < -0.4 is 10.1 Å². The van der Waals surface area contributed by atoms with Crippen LogP contribution in [0.5, 0.6) is 5.75 Å². The van der Waals surface area contributed by atoms with E-state index in [-0.39, 0.29) is 23.4 Å². The Morgan fingerprint density at radius 1 is 1.23 bits per heavy atom. The van der Waals surface area contributed by atoms with Crippen molar-refractivity contribution in [2.75, 3.05) is 27.2 Å². The summed E-state index contributed by atoms with van der Waals surface area (Å²) in [6.07, 6.45) is 1.37. The van der Waals surface area contributed by atoms with Gasteiger partial charge in [-0.1, -0.05) is 29.8 Å². The van der Waals surface area contributed by atoms with Crippen molar-refractivity contribution < 1.29 is 18.7 Å². The van der Waals surface area contributed by atoms with Gasteiger partial charge in [-0.25, -0.2) is 4.39 Å². The summed E-state index contributed by atoms with van der Waals surface area (Å²) >= 11 is 5.67. The molecule has 2 aromatic carbocycles. The molecule has 1 saturated heterocycles. The normalized spacial score (nSPS) is 19.3. The summed E-state index contributed by atoms with van der Waals surface area (Å²) in [5.74, 6) is -0.856. The van der Waals surface area contributed by atoms with Crippen LogP contribution in [0.3, 0.4) is 0 Å². The Morgan fingerprint density at radius 3 is 2.77 bits per heavy atom. The second-order valence-corrected chi connectivity index (χ2v) is 8.20. The second-order valence-electron chi connectivity index (χ2n) is 7.80. The maximum Gasteiger partial charge on any atom is 0.287 e. The van der Waals surface area contributed by atoms with E-state index in [1.807, 2.05) is 24.3 Å². The molecule has 1 fully saturated rings. The first kappa shape index (κ1) is 22.2. The number of piperidine rings is 1. The van der Waals surface area contributed by atoms with Crippen LogP contribution in [0.2, 0.25) is 5.02 Å². The Kier molecular flexibility index (Phi) is 7.45. The van der Waals surface area contributed by atoms with Gasteiger partial charge in [-0.15, -0.1) is 0 Å². The SMILES string of the molecule is COc1cccc(CC2CN(C)CCC2NC(=O)C(=O)Cc2ccc(Cl)c(F)c2)c1. The summed E-state index contributed by atoms with van der Waals surface area (Å²) in [6, 6.07) is 11.9. The van der Waals surface area contributed by atoms with Crippen molar-refractivity contribution in [3.05, 3.63) is 64.4 Å². The lowest BCUT2D eigenvalue weighted by atomic mass is 9.86. The lowest BCUT2D eigenvalue weighted by Gasteiger charge is -2.37. The molecule has 1 aliphatic heterocycles. The molecule has 3 rings (SSSR count). The second kappa shape index (κ2) is 10.0. The van der Waals surface area contributed by atoms with Gasteiger partial charge in [0.2, 0.25) is 5.78 Å². The van der Waals surface area contributed by atoms with Gasteiger partial charge in [0.1, 0.15) is 11.6 Å². The van der Waals surface area contributed by atoms with Crippen LogP contribution in [-0.2, 0) is 22.4 Å². The first-order valence-corrected chi connectivity index (χ1v) is 10.3. The molecular formula is C23H26ClFN2O3. The molecule has 1 aliphatic rings. The number of hydrogen-bond donors (Lipinski definition) is 1. The number of nitrogens with zero attached hydrogens (tertiary/aromatic N) is 1. The third-order valence-electron chi connectivity index (χ3n) is 5.49. The molecular weight excluding hydrogens is 407 g/mol. The van der Waals surface area contributed by atoms with Gasteiger partial charge >= 0.3 is 0 Å². The summed E-state index contributed by atoms with van der Waals surface area (Å²) in [5, 5.41) is 2.91. The number of methoxy groups -OCH3 is 1. The Hall–Kier alpha value is -2.44. The van der Waals surface area contributed by atoms with E-state index in [2.05, 4.69) is 17.3 Å². The van der Waals surface area contributed by atoms with E-state index in [1.54, 1.807) is 13.2 Å². The zero-order chi connectivity index (χ0) is 21.7. The summed E-state index contributed by atoms with van der Waals surface area (Å²) in [4.78, 5) is 27.2. The molecule has 0 aromatic heterocycles. The fourth-order valence-corrected chi connectivity index (χ4v) is 3.99. The predicted octanol–water partition coefficient (Wildman–Crippen LogP) is 3.28. The fraction of sp³-hybridized carbons (Fsp3) is 0.391. The van der Waals surface area contributed by atoms with Crippen LogP contribution in [0.1, 0.15) is 17.5 Å². The molecule has 0 spiro atoms. The number of benzene rings is 2. The molecule has 5 nitrogen and oxygen atoms in total. The van der Waals surface area contributed by atoms with Gasteiger partial charge in [-0.3, -0.25) is 9.59 Å². The van der Waals surface area contributed by atoms with Gasteiger partial charge in [0.05, 0.1) is 12.1 Å². The molecule has 1 N–H and O–H groups in total. The molecule has 160 valence electrons. The minimum atomic E-state index is -0.629. The topological polar surface area (TPSA) is 58.6 Å². The van der Waals surface area contributed by atoms with Crippen molar-refractivity contribution in [2.24, 2.45) is 5.92 Å². The number of halogens is 2. The van der Waals surface area contributed by atoms with E-state index < -0.39 is 17.5 Å². The van der Waals surface area contributed by atoms with Crippen molar-refractivity contribution in [3.8, 4) is 5.75 Å². The highest BCUT2D eigenvalue weighted by atomic mass is 35.5. The van der Waals surface area contributed by atoms with Crippen LogP contribution >= 0.6 is 11.6 Å². The highest BCUT2D eigenvalue weighted by Crippen LogP contribution is 2.23. The zero-order valence-electron chi connectivity index (χ0n) is 17.2. The maximum absolute atomic E-state index is 13.6. The van der Waals surface area contributed by atoms with E-state index in [4.69, 9.17) is 16.3 Å². The Balaban J connectivity index is 1.65. The number of Topliss-reactive ketones (excluding diaryl/α,β-unsaturated/α-hetero) is 1. The van der Waals surface area contributed by atoms with Crippen molar-refractivity contribution in [1.29, 1.82) is 0 Å². The van der Waals surface area contributed by atoms with E-state index in [0.717, 1.165) is 37.2 Å².